The van der Waals surface area contributed by atoms with Gasteiger partial charge in [0.15, 0.2) is 5.13 Å². The SMILES string of the molecule is CN1CCN(c2ccc(-c3ccc4c(c3)C(=O)N([C@@H](C(=O)Nc3nccs3)c3ccccc3)C4)cc2)CC1. The second-order valence-corrected chi connectivity index (χ2v) is 10.7. The average Bonchev–Trinajstić information content (AvgIpc) is 3.58. The van der Waals surface area contributed by atoms with Gasteiger partial charge in [-0.05, 0) is 47.5 Å². The van der Waals surface area contributed by atoms with Crippen LogP contribution in [0.25, 0.3) is 11.1 Å². The number of thiazole rings is 1. The van der Waals surface area contributed by atoms with Gasteiger partial charge in [0, 0.05) is 55.6 Å². The van der Waals surface area contributed by atoms with Crippen LogP contribution in [0, 0.1) is 0 Å². The molecule has 2 aliphatic heterocycles. The Bertz CT molecular complexity index is 1430. The molecular weight excluding hydrogens is 494 g/mol. The lowest BCUT2D eigenvalue weighted by atomic mass is 10.00. The summed E-state index contributed by atoms with van der Waals surface area (Å²) in [7, 11) is 2.16. The predicted octanol–water partition coefficient (Wildman–Crippen LogP) is 4.90. The fraction of sp³-hybridized carbons (Fsp3) is 0.233. The number of carbonyl (C=O) groups is 2. The van der Waals surface area contributed by atoms with Crippen molar-refractivity contribution in [1.82, 2.24) is 14.8 Å². The van der Waals surface area contributed by atoms with Crippen molar-refractivity contribution in [1.29, 1.82) is 0 Å². The molecule has 0 bridgehead atoms. The molecule has 7 nitrogen and oxygen atoms in total. The number of nitrogens with one attached hydrogen (secondary N) is 1. The van der Waals surface area contributed by atoms with Crippen molar-refractivity contribution < 1.29 is 9.59 Å². The number of carbonyl (C=O) groups excluding carboxylic acids is 2. The van der Waals surface area contributed by atoms with Crippen molar-refractivity contribution in [2.75, 3.05) is 43.4 Å². The van der Waals surface area contributed by atoms with Crippen molar-refractivity contribution in [3.8, 4) is 11.1 Å². The average molecular weight is 524 g/mol. The highest BCUT2D eigenvalue weighted by molar-refractivity contribution is 7.13. The lowest BCUT2D eigenvalue weighted by Crippen LogP contribution is -2.44. The van der Waals surface area contributed by atoms with Crippen LogP contribution < -0.4 is 10.2 Å². The van der Waals surface area contributed by atoms with Gasteiger partial charge in [-0.3, -0.25) is 14.9 Å². The maximum absolute atomic E-state index is 13.7. The lowest BCUT2D eigenvalue weighted by Gasteiger charge is -2.34. The molecule has 1 fully saturated rings. The monoisotopic (exact) mass is 523 g/mol. The summed E-state index contributed by atoms with van der Waals surface area (Å²) in [5.74, 6) is -0.411. The van der Waals surface area contributed by atoms with E-state index in [1.54, 1.807) is 11.1 Å². The fourth-order valence-corrected chi connectivity index (χ4v) is 5.74. The van der Waals surface area contributed by atoms with E-state index in [1.165, 1.54) is 17.0 Å². The van der Waals surface area contributed by atoms with Crippen LogP contribution in [-0.4, -0.2) is 59.8 Å². The zero-order valence-electron chi connectivity index (χ0n) is 21.2. The summed E-state index contributed by atoms with van der Waals surface area (Å²) in [5.41, 5.74) is 5.62. The maximum atomic E-state index is 13.7. The van der Waals surface area contributed by atoms with Gasteiger partial charge in [-0.25, -0.2) is 4.98 Å². The molecule has 1 N–H and O–H groups in total. The highest BCUT2D eigenvalue weighted by Crippen LogP contribution is 2.35. The Kier molecular flexibility index (Phi) is 6.66. The number of fused-ring (bicyclic) bond motifs is 1. The smallest absolute Gasteiger partial charge is 0.255 e. The quantitative estimate of drug-likeness (QED) is 0.390. The van der Waals surface area contributed by atoms with Gasteiger partial charge in [0.05, 0.1) is 0 Å². The summed E-state index contributed by atoms with van der Waals surface area (Å²) >= 11 is 1.35. The van der Waals surface area contributed by atoms with E-state index in [0.29, 0.717) is 17.2 Å². The van der Waals surface area contributed by atoms with Crippen molar-refractivity contribution in [3.63, 3.8) is 0 Å². The Morgan fingerprint density at radius 2 is 1.68 bits per heavy atom. The van der Waals surface area contributed by atoms with E-state index in [-0.39, 0.29) is 11.8 Å². The van der Waals surface area contributed by atoms with E-state index in [4.69, 9.17) is 0 Å². The van der Waals surface area contributed by atoms with Gasteiger partial charge >= 0.3 is 0 Å². The number of hydrogen-bond donors (Lipinski definition) is 1. The Labute approximate surface area is 226 Å². The summed E-state index contributed by atoms with van der Waals surface area (Å²) < 4.78 is 0. The molecule has 3 aromatic carbocycles. The van der Waals surface area contributed by atoms with Crippen LogP contribution in [0.15, 0.2) is 84.4 Å². The van der Waals surface area contributed by atoms with Gasteiger partial charge in [-0.1, -0.05) is 54.6 Å². The van der Waals surface area contributed by atoms with E-state index in [9.17, 15) is 9.59 Å². The van der Waals surface area contributed by atoms with Gasteiger partial charge in [0.1, 0.15) is 6.04 Å². The van der Waals surface area contributed by atoms with E-state index < -0.39 is 6.04 Å². The van der Waals surface area contributed by atoms with Gasteiger partial charge in [-0.2, -0.15) is 0 Å². The molecule has 0 spiro atoms. The van der Waals surface area contributed by atoms with E-state index in [2.05, 4.69) is 57.5 Å². The van der Waals surface area contributed by atoms with E-state index in [1.807, 2.05) is 47.8 Å². The van der Waals surface area contributed by atoms with Gasteiger partial charge in [0.2, 0.25) is 0 Å². The fourth-order valence-electron chi connectivity index (χ4n) is 5.21. The van der Waals surface area contributed by atoms with Crippen LogP contribution in [0.5, 0.6) is 0 Å². The molecule has 1 atom stereocenters. The molecule has 2 amide bonds. The number of likely N-dealkylation sites (N-methyl/N-ethyl adjacent to an activating group) is 1. The van der Waals surface area contributed by atoms with E-state index in [0.717, 1.165) is 48.4 Å². The second-order valence-electron chi connectivity index (χ2n) is 9.78. The van der Waals surface area contributed by atoms with Crippen LogP contribution in [0.2, 0.25) is 0 Å². The molecule has 6 rings (SSSR count). The first kappa shape index (κ1) is 24.3. The Balaban J connectivity index is 1.25. The number of nitrogens with zero attached hydrogens (tertiary/aromatic N) is 4. The third kappa shape index (κ3) is 4.80. The van der Waals surface area contributed by atoms with Crippen molar-refractivity contribution in [3.05, 3.63) is 101 Å². The topological polar surface area (TPSA) is 68.8 Å². The second kappa shape index (κ2) is 10.4. The van der Waals surface area contributed by atoms with Crippen LogP contribution in [0.4, 0.5) is 10.8 Å². The number of benzene rings is 3. The number of rotatable bonds is 6. The van der Waals surface area contributed by atoms with Crippen LogP contribution >= 0.6 is 11.3 Å². The summed E-state index contributed by atoms with van der Waals surface area (Å²) in [5, 5.41) is 5.21. The molecule has 4 aromatic rings. The zero-order valence-corrected chi connectivity index (χ0v) is 22.0. The summed E-state index contributed by atoms with van der Waals surface area (Å²) in [4.78, 5) is 37.7. The summed E-state index contributed by atoms with van der Waals surface area (Å²) in [6.07, 6.45) is 1.65. The molecule has 1 saturated heterocycles. The summed E-state index contributed by atoms with van der Waals surface area (Å²) in [6.45, 7) is 4.56. The van der Waals surface area contributed by atoms with Gasteiger partial charge in [0.25, 0.3) is 11.8 Å². The van der Waals surface area contributed by atoms with E-state index >= 15 is 0 Å². The number of anilines is 2. The van der Waals surface area contributed by atoms with Crippen LogP contribution in [0.3, 0.4) is 0 Å². The minimum atomic E-state index is -0.758. The maximum Gasteiger partial charge on any atom is 0.255 e. The molecule has 0 radical (unpaired) electrons. The molecule has 3 heterocycles. The number of aromatic nitrogens is 1. The lowest BCUT2D eigenvalue weighted by molar-refractivity contribution is -0.120. The number of amides is 2. The molecule has 192 valence electrons. The molecule has 0 saturated carbocycles. The highest BCUT2D eigenvalue weighted by atomic mass is 32.1. The van der Waals surface area contributed by atoms with Crippen molar-refractivity contribution in [2.45, 2.75) is 12.6 Å². The Hall–Kier alpha value is -4.01. The number of piperazine rings is 1. The third-order valence-electron chi connectivity index (χ3n) is 7.35. The van der Waals surface area contributed by atoms with Gasteiger partial charge < -0.3 is 14.7 Å². The molecule has 0 unspecified atom stereocenters. The normalized spacial score (nSPS) is 16.4. The molecular formula is C30H29N5O2S. The first-order valence-corrected chi connectivity index (χ1v) is 13.7. The molecule has 8 heteroatoms. The Morgan fingerprint density at radius 1 is 0.947 bits per heavy atom. The predicted molar refractivity (Wildman–Crippen MR) is 151 cm³/mol. The standard InChI is InChI=1S/C30H29N5O2S/c1-33-14-16-34(17-15-33)25-11-9-21(10-12-25)23-7-8-24-20-35(29(37)26(24)19-23)27(22-5-3-2-4-6-22)28(36)32-30-31-13-18-38-30/h2-13,18-19,27H,14-17,20H2,1H3,(H,31,32,36)/t27-/m1/s1. The molecule has 38 heavy (non-hydrogen) atoms. The molecule has 2 aliphatic rings. The first-order chi connectivity index (χ1) is 18.6. The first-order valence-electron chi connectivity index (χ1n) is 12.8. The van der Waals surface area contributed by atoms with Crippen molar-refractivity contribution in [2.24, 2.45) is 0 Å². The number of hydrogen-bond acceptors (Lipinski definition) is 6. The minimum absolute atomic E-state index is 0.140. The zero-order chi connectivity index (χ0) is 26.1. The summed E-state index contributed by atoms with van der Waals surface area (Å²) in [6, 6.07) is 23.3. The van der Waals surface area contributed by atoms with Gasteiger partial charge in [-0.15, -0.1) is 11.3 Å². The highest BCUT2D eigenvalue weighted by Gasteiger charge is 2.37. The molecule has 1 aromatic heterocycles. The molecule has 0 aliphatic carbocycles. The Morgan fingerprint density at radius 3 is 2.39 bits per heavy atom. The largest absolute Gasteiger partial charge is 0.369 e. The van der Waals surface area contributed by atoms with Crippen LogP contribution in [-0.2, 0) is 11.3 Å². The van der Waals surface area contributed by atoms with Crippen molar-refractivity contribution >= 4 is 34.0 Å². The third-order valence-corrected chi connectivity index (χ3v) is 8.04. The minimum Gasteiger partial charge on any atom is -0.369 e. The van der Waals surface area contributed by atoms with Crippen LogP contribution in [0.1, 0.15) is 27.5 Å².